The molecule has 0 spiro atoms. The van der Waals surface area contributed by atoms with Crippen LogP contribution in [-0.2, 0) is 22.8 Å². The Morgan fingerprint density at radius 1 is 1.32 bits per heavy atom. The van der Waals surface area contributed by atoms with Crippen molar-refractivity contribution < 1.29 is 8.42 Å². The highest BCUT2D eigenvalue weighted by Crippen LogP contribution is 2.31. The molecule has 0 radical (unpaired) electrons. The molecule has 2 heterocycles. The van der Waals surface area contributed by atoms with E-state index in [4.69, 9.17) is 0 Å². The van der Waals surface area contributed by atoms with Crippen molar-refractivity contribution in [1.29, 1.82) is 0 Å². The van der Waals surface area contributed by atoms with Crippen molar-refractivity contribution in [2.24, 2.45) is 0 Å². The minimum absolute atomic E-state index is 0.267. The molecular formula is C14H20N2O2S. The first-order chi connectivity index (χ1) is 9.07. The molecule has 19 heavy (non-hydrogen) atoms. The third-order valence-corrected chi connectivity index (χ3v) is 6.31. The van der Waals surface area contributed by atoms with Crippen molar-refractivity contribution >= 4 is 9.84 Å². The van der Waals surface area contributed by atoms with Gasteiger partial charge in [-0.15, -0.1) is 0 Å². The lowest BCUT2D eigenvalue weighted by molar-refractivity contribution is 0.233. The Morgan fingerprint density at radius 3 is 2.79 bits per heavy atom. The molecule has 4 nitrogen and oxygen atoms in total. The van der Waals surface area contributed by atoms with Gasteiger partial charge in [-0.05, 0) is 30.5 Å². The smallest absolute Gasteiger partial charge is 0.181 e. The van der Waals surface area contributed by atoms with E-state index in [-0.39, 0.29) is 5.25 Å². The predicted octanol–water partition coefficient (Wildman–Crippen LogP) is 0.810. The number of sulfone groups is 1. The zero-order valence-corrected chi connectivity index (χ0v) is 12.0. The van der Waals surface area contributed by atoms with Gasteiger partial charge in [0.1, 0.15) is 0 Å². The van der Waals surface area contributed by atoms with Crippen molar-refractivity contribution in [3.63, 3.8) is 0 Å². The molecule has 1 aromatic rings. The number of hydrogen-bond acceptors (Lipinski definition) is 4. The fraction of sp³-hybridized carbons (Fsp3) is 0.571. The average Bonchev–Trinajstić information content (AvgIpc) is 2.62. The van der Waals surface area contributed by atoms with Crippen molar-refractivity contribution in [3.8, 4) is 0 Å². The lowest BCUT2D eigenvalue weighted by Crippen LogP contribution is -2.42. The fourth-order valence-electron chi connectivity index (χ4n) is 2.89. The average molecular weight is 280 g/mol. The van der Waals surface area contributed by atoms with E-state index in [1.165, 1.54) is 0 Å². The van der Waals surface area contributed by atoms with E-state index in [1.54, 1.807) is 6.92 Å². The maximum absolute atomic E-state index is 12.2. The van der Waals surface area contributed by atoms with Crippen LogP contribution in [0.5, 0.6) is 0 Å². The minimum atomic E-state index is -3.08. The maximum atomic E-state index is 12.2. The van der Waals surface area contributed by atoms with Crippen LogP contribution < -0.4 is 5.32 Å². The molecule has 0 saturated carbocycles. The summed E-state index contributed by atoms with van der Waals surface area (Å²) in [6.07, 6.45) is 0.658. The second-order valence-corrected chi connectivity index (χ2v) is 7.86. The predicted molar refractivity (Wildman–Crippen MR) is 74.9 cm³/mol. The normalized spacial score (nSPS) is 26.3. The van der Waals surface area contributed by atoms with Crippen LogP contribution >= 0.6 is 0 Å². The number of hydrogen-bond donors (Lipinski definition) is 1. The molecule has 0 amide bonds. The van der Waals surface area contributed by atoms with Gasteiger partial charge in [0.2, 0.25) is 0 Å². The summed E-state index contributed by atoms with van der Waals surface area (Å²) in [5, 5.41) is 3.06. The molecule has 3 rings (SSSR count). The fourth-order valence-corrected chi connectivity index (χ4v) is 4.56. The van der Waals surface area contributed by atoms with Crippen molar-refractivity contribution in [3.05, 3.63) is 29.3 Å². The van der Waals surface area contributed by atoms with Gasteiger partial charge in [-0.2, -0.15) is 0 Å². The molecule has 1 saturated heterocycles. The van der Waals surface area contributed by atoms with E-state index in [0.29, 0.717) is 11.3 Å². The van der Waals surface area contributed by atoms with Gasteiger partial charge in [0.15, 0.2) is 9.84 Å². The molecule has 5 heteroatoms. The van der Waals surface area contributed by atoms with Crippen LogP contribution in [0, 0.1) is 0 Å². The zero-order valence-electron chi connectivity index (χ0n) is 11.2. The molecule has 1 aromatic carbocycles. The number of nitrogens with one attached hydrogen (secondary N) is 1. The molecule has 0 aliphatic carbocycles. The topological polar surface area (TPSA) is 49.4 Å². The Bertz CT molecular complexity index is 577. The van der Waals surface area contributed by atoms with Gasteiger partial charge in [0.25, 0.3) is 0 Å². The molecule has 1 fully saturated rings. The van der Waals surface area contributed by atoms with Crippen LogP contribution in [0.15, 0.2) is 23.1 Å². The molecule has 2 aliphatic rings. The second-order valence-electron chi connectivity index (χ2n) is 5.53. The van der Waals surface area contributed by atoms with E-state index in [2.05, 4.69) is 16.3 Å². The van der Waals surface area contributed by atoms with Crippen molar-refractivity contribution in [2.75, 3.05) is 26.2 Å². The summed E-state index contributed by atoms with van der Waals surface area (Å²) < 4.78 is 24.4. The first-order valence-corrected chi connectivity index (χ1v) is 8.41. The SMILES string of the molecule is CC1Cc2ccc(CN3CCNCC3)cc2S1(=O)=O. The van der Waals surface area contributed by atoms with Gasteiger partial charge in [-0.3, -0.25) is 4.90 Å². The van der Waals surface area contributed by atoms with Crippen LogP contribution in [0.25, 0.3) is 0 Å². The standard InChI is InChI=1S/C14H20N2O2S/c1-11-8-13-3-2-12(9-14(13)19(11,17)18)10-16-6-4-15-5-7-16/h2-3,9,11,15H,4-8,10H2,1H3. The van der Waals surface area contributed by atoms with E-state index < -0.39 is 9.84 Å². The summed E-state index contributed by atoms with van der Waals surface area (Å²) in [4.78, 5) is 2.93. The number of fused-ring (bicyclic) bond motifs is 1. The van der Waals surface area contributed by atoms with E-state index >= 15 is 0 Å². The third-order valence-electron chi connectivity index (χ3n) is 4.09. The van der Waals surface area contributed by atoms with E-state index in [9.17, 15) is 8.42 Å². The number of nitrogens with zero attached hydrogens (tertiary/aromatic N) is 1. The zero-order chi connectivity index (χ0) is 13.5. The number of benzene rings is 1. The highest BCUT2D eigenvalue weighted by atomic mass is 32.2. The van der Waals surface area contributed by atoms with Gasteiger partial charge in [-0.1, -0.05) is 12.1 Å². The van der Waals surface area contributed by atoms with Gasteiger partial charge < -0.3 is 5.32 Å². The summed E-state index contributed by atoms with van der Waals surface area (Å²) in [5.74, 6) is 0. The highest BCUT2D eigenvalue weighted by Gasteiger charge is 2.33. The van der Waals surface area contributed by atoms with Gasteiger partial charge in [0, 0.05) is 32.7 Å². The second kappa shape index (κ2) is 4.89. The Kier molecular flexibility index (Phi) is 3.37. The summed E-state index contributed by atoms with van der Waals surface area (Å²) in [7, 11) is -3.08. The Hall–Kier alpha value is -0.910. The van der Waals surface area contributed by atoms with E-state index in [0.717, 1.165) is 43.9 Å². The summed E-state index contributed by atoms with van der Waals surface area (Å²) in [6.45, 7) is 6.73. The van der Waals surface area contributed by atoms with Crippen molar-refractivity contribution in [1.82, 2.24) is 10.2 Å². The summed E-state index contributed by atoms with van der Waals surface area (Å²) >= 11 is 0. The highest BCUT2D eigenvalue weighted by molar-refractivity contribution is 7.92. The molecule has 2 aliphatic heterocycles. The maximum Gasteiger partial charge on any atom is 0.181 e. The summed E-state index contributed by atoms with van der Waals surface area (Å²) in [5.41, 5.74) is 2.09. The van der Waals surface area contributed by atoms with Gasteiger partial charge in [-0.25, -0.2) is 8.42 Å². The first kappa shape index (κ1) is 13.1. The van der Waals surface area contributed by atoms with Crippen LogP contribution in [0.2, 0.25) is 0 Å². The lowest BCUT2D eigenvalue weighted by Gasteiger charge is -2.27. The van der Waals surface area contributed by atoms with E-state index in [1.807, 2.05) is 12.1 Å². The Balaban J connectivity index is 1.84. The largest absolute Gasteiger partial charge is 0.314 e. The molecular weight excluding hydrogens is 260 g/mol. The molecule has 0 aromatic heterocycles. The van der Waals surface area contributed by atoms with Crippen LogP contribution in [0.3, 0.4) is 0 Å². The minimum Gasteiger partial charge on any atom is -0.314 e. The van der Waals surface area contributed by atoms with Gasteiger partial charge >= 0.3 is 0 Å². The lowest BCUT2D eigenvalue weighted by atomic mass is 10.1. The first-order valence-electron chi connectivity index (χ1n) is 6.86. The molecule has 1 atom stereocenters. The van der Waals surface area contributed by atoms with Crippen LogP contribution in [0.1, 0.15) is 18.1 Å². The molecule has 1 N–H and O–H groups in total. The molecule has 104 valence electrons. The molecule has 1 unspecified atom stereocenters. The summed E-state index contributed by atoms with van der Waals surface area (Å²) in [6, 6.07) is 5.96. The number of piperazine rings is 1. The van der Waals surface area contributed by atoms with Gasteiger partial charge in [0.05, 0.1) is 10.1 Å². The third kappa shape index (κ3) is 2.42. The number of rotatable bonds is 2. The molecule has 0 bridgehead atoms. The Morgan fingerprint density at radius 2 is 2.05 bits per heavy atom. The van der Waals surface area contributed by atoms with Crippen LogP contribution in [-0.4, -0.2) is 44.7 Å². The monoisotopic (exact) mass is 280 g/mol. The Labute approximate surface area is 114 Å². The van der Waals surface area contributed by atoms with Crippen LogP contribution in [0.4, 0.5) is 0 Å². The van der Waals surface area contributed by atoms with Crippen molar-refractivity contribution in [2.45, 2.75) is 30.0 Å². The quantitative estimate of drug-likeness (QED) is 0.871.